The number of nitrogens with zero attached hydrogens (tertiary/aromatic N) is 1. The van der Waals surface area contributed by atoms with Crippen molar-refractivity contribution in [1.29, 1.82) is 0 Å². The molecule has 4 nitrogen and oxygen atoms in total. The van der Waals surface area contributed by atoms with E-state index in [-0.39, 0.29) is 0 Å². The van der Waals surface area contributed by atoms with Crippen LogP contribution in [0.2, 0.25) is 0 Å². The lowest BCUT2D eigenvalue weighted by molar-refractivity contribution is 0.0113. The zero-order chi connectivity index (χ0) is 11.9. The van der Waals surface area contributed by atoms with Gasteiger partial charge in [-0.2, -0.15) is 0 Å². The van der Waals surface area contributed by atoms with E-state index >= 15 is 0 Å². The molecule has 2 heterocycles. The maximum absolute atomic E-state index is 5.64. The number of aromatic nitrogens is 1. The van der Waals surface area contributed by atoms with E-state index in [1.54, 1.807) is 11.3 Å². The molecule has 0 radical (unpaired) electrons. The van der Waals surface area contributed by atoms with Crippen LogP contribution in [0, 0.1) is 0 Å². The molecular formula is C12H20N2O2S. The van der Waals surface area contributed by atoms with Gasteiger partial charge in [-0.25, -0.2) is 4.98 Å². The Balaban J connectivity index is 1.65. The third kappa shape index (κ3) is 4.26. The molecule has 1 saturated heterocycles. The number of hydrogen-bond donors (Lipinski definition) is 1. The van der Waals surface area contributed by atoms with Crippen LogP contribution in [0.25, 0.3) is 0 Å². The van der Waals surface area contributed by atoms with E-state index in [0.29, 0.717) is 19.3 Å². The normalized spacial score (nSPS) is 19.7. The van der Waals surface area contributed by atoms with Gasteiger partial charge in [0.05, 0.1) is 24.2 Å². The Morgan fingerprint density at radius 3 is 3.35 bits per heavy atom. The minimum atomic E-state index is 0.306. The molecule has 0 bridgehead atoms. The van der Waals surface area contributed by atoms with Gasteiger partial charge in [-0.1, -0.05) is 18.3 Å². The average molecular weight is 256 g/mol. The van der Waals surface area contributed by atoms with Crippen molar-refractivity contribution in [3.8, 4) is 0 Å². The highest BCUT2D eigenvalue weighted by Crippen LogP contribution is 2.19. The molecule has 0 spiro atoms. The van der Waals surface area contributed by atoms with E-state index in [1.807, 2.05) is 6.20 Å². The highest BCUT2D eigenvalue weighted by atomic mass is 32.1. The van der Waals surface area contributed by atoms with Crippen LogP contribution in [0.15, 0.2) is 6.20 Å². The van der Waals surface area contributed by atoms with Gasteiger partial charge in [0.25, 0.3) is 0 Å². The molecular weight excluding hydrogens is 236 g/mol. The number of hydrogen-bond acceptors (Lipinski definition) is 5. The SMILES string of the molecule is CCCNc1ncc(COCC2CCCO2)s1. The second kappa shape index (κ2) is 6.93. The first-order valence-corrected chi connectivity index (χ1v) is 7.08. The lowest BCUT2D eigenvalue weighted by Crippen LogP contribution is -2.13. The van der Waals surface area contributed by atoms with Gasteiger partial charge in [0.15, 0.2) is 5.13 Å². The van der Waals surface area contributed by atoms with Gasteiger partial charge in [0.1, 0.15) is 0 Å². The van der Waals surface area contributed by atoms with Crippen LogP contribution in [0.1, 0.15) is 31.1 Å². The first-order chi connectivity index (χ1) is 8.38. The van der Waals surface area contributed by atoms with Crippen molar-refractivity contribution in [1.82, 2.24) is 4.98 Å². The van der Waals surface area contributed by atoms with E-state index in [1.165, 1.54) is 11.3 Å². The van der Waals surface area contributed by atoms with Crippen molar-refractivity contribution < 1.29 is 9.47 Å². The molecule has 1 fully saturated rings. The first kappa shape index (κ1) is 12.8. The topological polar surface area (TPSA) is 43.4 Å². The lowest BCUT2D eigenvalue weighted by Gasteiger charge is -2.08. The van der Waals surface area contributed by atoms with Crippen molar-refractivity contribution >= 4 is 16.5 Å². The summed E-state index contributed by atoms with van der Waals surface area (Å²) in [5.41, 5.74) is 0. The highest BCUT2D eigenvalue weighted by molar-refractivity contribution is 7.15. The van der Waals surface area contributed by atoms with Crippen LogP contribution in [-0.4, -0.2) is 30.8 Å². The van der Waals surface area contributed by atoms with Crippen LogP contribution < -0.4 is 5.32 Å². The van der Waals surface area contributed by atoms with Crippen LogP contribution in [0.5, 0.6) is 0 Å². The summed E-state index contributed by atoms with van der Waals surface area (Å²) < 4.78 is 11.1. The number of ether oxygens (including phenoxy) is 2. The fraction of sp³-hybridized carbons (Fsp3) is 0.750. The smallest absolute Gasteiger partial charge is 0.182 e. The Morgan fingerprint density at radius 1 is 1.65 bits per heavy atom. The third-order valence-electron chi connectivity index (χ3n) is 2.65. The third-order valence-corrected chi connectivity index (χ3v) is 3.58. The molecule has 1 unspecified atom stereocenters. The summed E-state index contributed by atoms with van der Waals surface area (Å²) in [5, 5.41) is 4.26. The molecule has 17 heavy (non-hydrogen) atoms. The second-order valence-electron chi connectivity index (χ2n) is 4.21. The van der Waals surface area contributed by atoms with Crippen molar-refractivity contribution in [3.63, 3.8) is 0 Å². The predicted octanol–water partition coefficient (Wildman–Crippen LogP) is 2.66. The quantitative estimate of drug-likeness (QED) is 0.814. The van der Waals surface area contributed by atoms with Crippen molar-refractivity contribution in [2.24, 2.45) is 0 Å². The van der Waals surface area contributed by atoms with E-state index in [4.69, 9.17) is 9.47 Å². The maximum atomic E-state index is 5.64. The van der Waals surface area contributed by atoms with E-state index in [0.717, 1.165) is 31.1 Å². The number of anilines is 1. The summed E-state index contributed by atoms with van der Waals surface area (Å²) in [5.74, 6) is 0. The summed E-state index contributed by atoms with van der Waals surface area (Å²) in [6.45, 7) is 5.36. The molecule has 5 heteroatoms. The molecule has 1 N–H and O–H groups in total. The lowest BCUT2D eigenvalue weighted by atomic mass is 10.2. The van der Waals surface area contributed by atoms with Gasteiger partial charge in [0.2, 0.25) is 0 Å². The molecule has 1 atom stereocenters. The fourth-order valence-electron chi connectivity index (χ4n) is 1.75. The Morgan fingerprint density at radius 2 is 2.59 bits per heavy atom. The van der Waals surface area contributed by atoms with Crippen LogP contribution in [0.3, 0.4) is 0 Å². The summed E-state index contributed by atoms with van der Waals surface area (Å²) in [6.07, 6.45) is 5.61. The van der Waals surface area contributed by atoms with Gasteiger partial charge >= 0.3 is 0 Å². The summed E-state index contributed by atoms with van der Waals surface area (Å²) in [4.78, 5) is 5.47. The summed E-state index contributed by atoms with van der Waals surface area (Å²) in [7, 11) is 0. The number of nitrogens with one attached hydrogen (secondary N) is 1. The van der Waals surface area contributed by atoms with Crippen molar-refractivity contribution in [2.75, 3.05) is 25.1 Å². The van der Waals surface area contributed by atoms with Crippen LogP contribution in [-0.2, 0) is 16.1 Å². The zero-order valence-electron chi connectivity index (χ0n) is 10.3. The highest BCUT2D eigenvalue weighted by Gasteiger charge is 2.15. The maximum Gasteiger partial charge on any atom is 0.182 e. The molecule has 96 valence electrons. The molecule has 1 aromatic heterocycles. The van der Waals surface area contributed by atoms with Gasteiger partial charge in [-0.3, -0.25) is 0 Å². The Kier molecular flexibility index (Phi) is 5.22. The second-order valence-corrected chi connectivity index (χ2v) is 5.32. The van der Waals surface area contributed by atoms with Crippen LogP contribution in [0.4, 0.5) is 5.13 Å². The fourth-order valence-corrected chi connectivity index (χ4v) is 2.53. The largest absolute Gasteiger partial charge is 0.376 e. The predicted molar refractivity (Wildman–Crippen MR) is 69.5 cm³/mol. The minimum absolute atomic E-state index is 0.306. The van der Waals surface area contributed by atoms with Gasteiger partial charge < -0.3 is 14.8 Å². The number of thiazole rings is 1. The summed E-state index contributed by atoms with van der Waals surface area (Å²) in [6, 6.07) is 0. The minimum Gasteiger partial charge on any atom is -0.376 e. The Bertz CT molecular complexity index is 324. The molecule has 2 rings (SSSR count). The van der Waals surface area contributed by atoms with E-state index in [9.17, 15) is 0 Å². The van der Waals surface area contributed by atoms with Crippen molar-refractivity contribution in [2.45, 2.75) is 38.9 Å². The van der Waals surface area contributed by atoms with E-state index in [2.05, 4.69) is 17.2 Å². The van der Waals surface area contributed by atoms with Crippen LogP contribution >= 0.6 is 11.3 Å². The zero-order valence-corrected chi connectivity index (χ0v) is 11.1. The molecule has 0 aliphatic carbocycles. The van der Waals surface area contributed by atoms with E-state index < -0.39 is 0 Å². The molecule has 1 aromatic rings. The molecule has 0 aromatic carbocycles. The first-order valence-electron chi connectivity index (χ1n) is 6.26. The molecule has 1 aliphatic heterocycles. The standard InChI is InChI=1S/C12H20N2O2S/c1-2-5-13-12-14-7-11(17-12)9-15-8-10-4-3-6-16-10/h7,10H,2-6,8-9H2,1H3,(H,13,14). The Hall–Kier alpha value is -0.650. The molecule has 0 amide bonds. The molecule has 0 saturated carbocycles. The van der Waals surface area contributed by atoms with Crippen molar-refractivity contribution in [3.05, 3.63) is 11.1 Å². The Labute approximate surface area is 106 Å². The van der Waals surface area contributed by atoms with Gasteiger partial charge in [-0.15, -0.1) is 0 Å². The van der Waals surface area contributed by atoms with Gasteiger partial charge in [0, 0.05) is 19.3 Å². The van der Waals surface area contributed by atoms with Gasteiger partial charge in [-0.05, 0) is 19.3 Å². The monoisotopic (exact) mass is 256 g/mol. The molecule has 1 aliphatic rings. The average Bonchev–Trinajstić information content (AvgIpc) is 2.98. The number of rotatable bonds is 7. The summed E-state index contributed by atoms with van der Waals surface area (Å²) >= 11 is 1.67.